The van der Waals surface area contributed by atoms with E-state index in [1.807, 2.05) is 24.3 Å². The summed E-state index contributed by atoms with van der Waals surface area (Å²) in [7, 11) is 0. The fourth-order valence-electron chi connectivity index (χ4n) is 1.96. The fourth-order valence-corrected chi connectivity index (χ4v) is 1.96. The number of carbonyl (C=O) groups excluding carboxylic acids is 1. The van der Waals surface area contributed by atoms with E-state index >= 15 is 0 Å². The molecule has 5 nitrogen and oxygen atoms in total. The first-order chi connectivity index (χ1) is 9.90. The molecule has 1 unspecified atom stereocenters. The number of nitrogens with one attached hydrogen (secondary N) is 1. The molecule has 1 rings (SSSR count). The summed E-state index contributed by atoms with van der Waals surface area (Å²) in [5.41, 5.74) is 1.06. The molecule has 0 bridgehead atoms. The van der Waals surface area contributed by atoms with Gasteiger partial charge in [-0.2, -0.15) is 0 Å². The number of aliphatic carboxylic acids is 1. The normalized spacial score (nSPS) is 12.0. The average Bonchev–Trinajstić information content (AvgIpc) is 2.43. The summed E-state index contributed by atoms with van der Waals surface area (Å²) in [6.45, 7) is 5.84. The molecule has 1 amide bonds. The van der Waals surface area contributed by atoms with Crippen molar-refractivity contribution in [3.8, 4) is 5.75 Å². The molecule has 0 aliphatic carbocycles. The van der Waals surface area contributed by atoms with E-state index in [9.17, 15) is 9.59 Å². The van der Waals surface area contributed by atoms with Gasteiger partial charge in [-0.1, -0.05) is 32.0 Å². The van der Waals surface area contributed by atoms with Gasteiger partial charge in [0.1, 0.15) is 5.75 Å². The van der Waals surface area contributed by atoms with Crippen molar-refractivity contribution in [3.05, 3.63) is 29.8 Å². The van der Waals surface area contributed by atoms with Crippen LogP contribution in [0.3, 0.4) is 0 Å². The molecule has 1 aromatic carbocycles. The Bertz CT molecular complexity index is 485. The molecule has 21 heavy (non-hydrogen) atoms. The van der Waals surface area contributed by atoms with Crippen molar-refractivity contribution in [2.24, 2.45) is 0 Å². The minimum atomic E-state index is -0.863. The molecular weight excluding hydrogens is 270 g/mol. The maximum Gasteiger partial charge on any atom is 0.303 e. The lowest BCUT2D eigenvalue weighted by Gasteiger charge is -2.16. The van der Waals surface area contributed by atoms with Crippen molar-refractivity contribution >= 4 is 11.9 Å². The lowest BCUT2D eigenvalue weighted by molar-refractivity contribution is -0.137. The van der Waals surface area contributed by atoms with Crippen LogP contribution < -0.4 is 10.1 Å². The number of carbonyl (C=O) groups is 2. The molecular formula is C16H23NO4. The molecule has 0 saturated heterocycles. The number of carboxylic acids is 1. The van der Waals surface area contributed by atoms with E-state index in [0.29, 0.717) is 18.1 Å². The Morgan fingerprint density at radius 3 is 2.52 bits per heavy atom. The van der Waals surface area contributed by atoms with Crippen LogP contribution in [0.5, 0.6) is 5.75 Å². The van der Waals surface area contributed by atoms with Gasteiger partial charge in [-0.3, -0.25) is 9.59 Å². The first kappa shape index (κ1) is 17.0. The number of carboxylic acid groups (broad SMARTS) is 1. The Kier molecular flexibility index (Phi) is 6.72. The van der Waals surface area contributed by atoms with Crippen molar-refractivity contribution in [3.63, 3.8) is 0 Å². The Balaban J connectivity index is 2.44. The summed E-state index contributed by atoms with van der Waals surface area (Å²) in [5, 5.41) is 11.3. The highest BCUT2D eigenvalue weighted by Gasteiger charge is 2.12. The van der Waals surface area contributed by atoms with Gasteiger partial charge in [-0.15, -0.1) is 0 Å². The van der Waals surface area contributed by atoms with Gasteiger partial charge in [0.2, 0.25) is 0 Å². The molecule has 0 spiro atoms. The monoisotopic (exact) mass is 293 g/mol. The average molecular weight is 293 g/mol. The zero-order valence-corrected chi connectivity index (χ0v) is 12.8. The van der Waals surface area contributed by atoms with Crippen LogP contribution in [0.1, 0.15) is 45.1 Å². The van der Waals surface area contributed by atoms with Crippen LogP contribution in [0.25, 0.3) is 0 Å². The van der Waals surface area contributed by atoms with Crippen LogP contribution in [0.2, 0.25) is 0 Å². The molecule has 2 N–H and O–H groups in total. The maximum absolute atomic E-state index is 11.8. The third kappa shape index (κ3) is 6.29. The number of rotatable bonds is 8. The molecule has 0 radical (unpaired) electrons. The van der Waals surface area contributed by atoms with Gasteiger partial charge in [0.05, 0.1) is 0 Å². The van der Waals surface area contributed by atoms with Gasteiger partial charge >= 0.3 is 5.97 Å². The third-order valence-corrected chi connectivity index (χ3v) is 3.10. The van der Waals surface area contributed by atoms with Crippen molar-refractivity contribution < 1.29 is 19.4 Å². The van der Waals surface area contributed by atoms with Crippen LogP contribution in [0.4, 0.5) is 0 Å². The van der Waals surface area contributed by atoms with Crippen LogP contribution >= 0.6 is 0 Å². The minimum Gasteiger partial charge on any atom is -0.483 e. The maximum atomic E-state index is 11.8. The fraction of sp³-hybridized carbons (Fsp3) is 0.500. The van der Waals surface area contributed by atoms with Crippen molar-refractivity contribution in [2.45, 2.75) is 45.6 Å². The summed E-state index contributed by atoms with van der Waals surface area (Å²) in [4.78, 5) is 22.2. The summed E-state index contributed by atoms with van der Waals surface area (Å²) in [6.07, 6.45) is 0.447. The quantitative estimate of drug-likeness (QED) is 0.772. The SMILES string of the molecule is CC(CCC(=O)O)NC(=O)COc1ccccc1C(C)C. The predicted molar refractivity (Wildman–Crippen MR) is 80.5 cm³/mol. The molecule has 0 heterocycles. The second-order valence-electron chi connectivity index (χ2n) is 5.38. The Morgan fingerprint density at radius 1 is 1.24 bits per heavy atom. The lowest BCUT2D eigenvalue weighted by atomic mass is 10.0. The number of hydrogen-bond donors (Lipinski definition) is 2. The van der Waals surface area contributed by atoms with E-state index < -0.39 is 5.97 Å². The Hall–Kier alpha value is -2.04. The van der Waals surface area contributed by atoms with Gasteiger partial charge < -0.3 is 15.2 Å². The molecule has 116 valence electrons. The van der Waals surface area contributed by atoms with Gasteiger partial charge in [0.25, 0.3) is 5.91 Å². The third-order valence-electron chi connectivity index (χ3n) is 3.10. The Labute approximate surface area is 125 Å². The highest BCUT2D eigenvalue weighted by Crippen LogP contribution is 2.25. The standard InChI is InChI=1S/C16H23NO4/c1-11(2)13-6-4-5-7-14(13)21-10-15(18)17-12(3)8-9-16(19)20/h4-7,11-12H,8-10H2,1-3H3,(H,17,18)(H,19,20). The second kappa shape index (κ2) is 8.29. The topological polar surface area (TPSA) is 75.6 Å². The molecule has 0 aliphatic rings. The number of para-hydroxylation sites is 1. The number of benzene rings is 1. The number of amides is 1. The first-order valence-corrected chi connectivity index (χ1v) is 7.13. The molecule has 5 heteroatoms. The van der Waals surface area contributed by atoms with Gasteiger partial charge in [0, 0.05) is 12.5 Å². The highest BCUT2D eigenvalue weighted by molar-refractivity contribution is 5.78. The molecule has 0 aromatic heterocycles. The van der Waals surface area contributed by atoms with E-state index in [0.717, 1.165) is 5.56 Å². The van der Waals surface area contributed by atoms with Gasteiger partial charge in [-0.05, 0) is 30.9 Å². The van der Waals surface area contributed by atoms with E-state index in [-0.39, 0.29) is 25.0 Å². The second-order valence-corrected chi connectivity index (χ2v) is 5.38. The zero-order valence-electron chi connectivity index (χ0n) is 12.8. The number of hydrogen-bond acceptors (Lipinski definition) is 3. The van der Waals surface area contributed by atoms with Crippen molar-refractivity contribution in [1.29, 1.82) is 0 Å². The molecule has 1 atom stereocenters. The lowest BCUT2D eigenvalue weighted by Crippen LogP contribution is -2.36. The molecule has 0 fully saturated rings. The molecule has 0 aliphatic heterocycles. The van der Waals surface area contributed by atoms with Crippen molar-refractivity contribution in [2.75, 3.05) is 6.61 Å². The van der Waals surface area contributed by atoms with Crippen molar-refractivity contribution in [1.82, 2.24) is 5.32 Å². The van der Waals surface area contributed by atoms with Crippen LogP contribution in [-0.4, -0.2) is 29.6 Å². The summed E-state index contributed by atoms with van der Waals surface area (Å²) in [6, 6.07) is 7.45. The van der Waals surface area contributed by atoms with Gasteiger partial charge in [-0.25, -0.2) is 0 Å². The van der Waals surface area contributed by atoms with Crippen LogP contribution in [0, 0.1) is 0 Å². The van der Waals surface area contributed by atoms with E-state index in [2.05, 4.69) is 19.2 Å². The summed E-state index contributed by atoms with van der Waals surface area (Å²) in [5.74, 6) is -0.0794. The predicted octanol–water partition coefficient (Wildman–Crippen LogP) is 2.56. The molecule has 1 aromatic rings. The van der Waals surface area contributed by atoms with Crippen LogP contribution in [0.15, 0.2) is 24.3 Å². The Morgan fingerprint density at radius 2 is 1.90 bits per heavy atom. The first-order valence-electron chi connectivity index (χ1n) is 7.13. The zero-order chi connectivity index (χ0) is 15.8. The molecule has 0 saturated carbocycles. The number of ether oxygens (including phenoxy) is 1. The summed E-state index contributed by atoms with van der Waals surface area (Å²) >= 11 is 0. The summed E-state index contributed by atoms with van der Waals surface area (Å²) < 4.78 is 5.56. The largest absolute Gasteiger partial charge is 0.483 e. The van der Waals surface area contributed by atoms with Gasteiger partial charge in [0.15, 0.2) is 6.61 Å². The highest BCUT2D eigenvalue weighted by atomic mass is 16.5. The van der Waals surface area contributed by atoms with E-state index in [4.69, 9.17) is 9.84 Å². The minimum absolute atomic E-state index is 0.0402. The van der Waals surface area contributed by atoms with E-state index in [1.54, 1.807) is 6.92 Å². The smallest absolute Gasteiger partial charge is 0.303 e. The van der Waals surface area contributed by atoms with E-state index in [1.165, 1.54) is 0 Å². The van der Waals surface area contributed by atoms with Crippen LogP contribution in [-0.2, 0) is 9.59 Å².